The molecule has 10 nitrogen and oxygen atoms in total. The van der Waals surface area contributed by atoms with Gasteiger partial charge in [-0.05, 0) is 35.9 Å². The molecule has 5 rings (SSSR count). The normalized spacial score (nSPS) is 24.9. The van der Waals surface area contributed by atoms with Gasteiger partial charge in [0.15, 0.2) is 23.3 Å². The van der Waals surface area contributed by atoms with Gasteiger partial charge in [0.1, 0.15) is 15.7 Å². The number of carbonyl (C=O) groups excluding carboxylic acids is 2. The number of amidine groups is 1. The second-order valence-electron chi connectivity index (χ2n) is 9.24. The Morgan fingerprint density at radius 1 is 1.22 bits per heavy atom. The van der Waals surface area contributed by atoms with Crippen LogP contribution in [0.1, 0.15) is 30.4 Å². The summed E-state index contributed by atoms with van der Waals surface area (Å²) in [6, 6.07) is 2.87. The number of piperidine rings is 1. The number of Topliss-reactive ketones (excluding diaryl/α,β-unsaturated/α-hetero) is 1. The minimum atomic E-state index is -4.36. The molecule has 3 heterocycles. The number of carbonyl (C=O) groups is 2. The van der Waals surface area contributed by atoms with E-state index in [9.17, 15) is 35.2 Å². The lowest BCUT2D eigenvalue weighted by Gasteiger charge is -2.41. The molecule has 37 heavy (non-hydrogen) atoms. The van der Waals surface area contributed by atoms with E-state index in [0.29, 0.717) is 24.8 Å². The average Bonchev–Trinajstić information content (AvgIpc) is 3.45. The molecule has 2 aromatic rings. The van der Waals surface area contributed by atoms with E-state index in [4.69, 9.17) is 0 Å². The van der Waals surface area contributed by atoms with Crippen LogP contribution in [0.3, 0.4) is 0 Å². The van der Waals surface area contributed by atoms with Crippen molar-refractivity contribution in [3.63, 3.8) is 0 Å². The SMILES string of the molecule is CS(=O)(=O)NCc1csc2c1S(=O)(=O)N=C(C1C(=O)C3CCCC3N(Cc3ccc(F)c(F)c3)C1=O)N2. The van der Waals surface area contributed by atoms with Gasteiger partial charge in [-0.25, -0.2) is 21.9 Å². The maximum absolute atomic E-state index is 13.8. The molecule has 0 radical (unpaired) electrons. The minimum absolute atomic E-state index is 0.0768. The number of anilines is 1. The average molecular weight is 573 g/mol. The number of hydrogen-bond donors (Lipinski definition) is 2. The number of ketones is 1. The Labute approximate surface area is 215 Å². The van der Waals surface area contributed by atoms with Crippen molar-refractivity contribution >= 4 is 53.9 Å². The fraction of sp³-hybridized carbons (Fsp3) is 0.409. The third-order valence-corrected chi connectivity index (χ3v) is 9.89. The monoisotopic (exact) mass is 572 g/mol. The van der Waals surface area contributed by atoms with Crippen molar-refractivity contribution in [3.8, 4) is 0 Å². The van der Waals surface area contributed by atoms with Gasteiger partial charge in [0.25, 0.3) is 10.0 Å². The zero-order valence-electron chi connectivity index (χ0n) is 19.4. The van der Waals surface area contributed by atoms with E-state index in [1.807, 2.05) is 0 Å². The molecular weight excluding hydrogens is 550 g/mol. The van der Waals surface area contributed by atoms with E-state index < -0.39 is 61.2 Å². The molecule has 1 aromatic heterocycles. The summed E-state index contributed by atoms with van der Waals surface area (Å²) in [6.45, 7) is -0.351. The largest absolute Gasteiger partial charge is 0.334 e. The second-order valence-corrected chi connectivity index (χ2v) is 13.5. The lowest BCUT2D eigenvalue weighted by molar-refractivity contribution is -0.149. The zero-order chi connectivity index (χ0) is 26.7. The topological polar surface area (TPSA) is 142 Å². The summed E-state index contributed by atoms with van der Waals surface area (Å²) < 4.78 is 82.3. The first-order valence-electron chi connectivity index (χ1n) is 11.3. The Kier molecular flexibility index (Phi) is 6.45. The molecular formula is C22H22F2N4O6S3. The molecule has 2 fully saturated rings. The Morgan fingerprint density at radius 3 is 2.68 bits per heavy atom. The highest BCUT2D eigenvalue weighted by Gasteiger charge is 2.52. The van der Waals surface area contributed by atoms with Gasteiger partial charge in [0, 0.05) is 30.6 Å². The summed E-state index contributed by atoms with van der Waals surface area (Å²) in [6.07, 6.45) is 2.69. The van der Waals surface area contributed by atoms with Crippen molar-refractivity contribution < 1.29 is 35.2 Å². The van der Waals surface area contributed by atoms with E-state index >= 15 is 0 Å². The maximum Gasteiger partial charge on any atom is 0.287 e. The number of sulfonamides is 2. The van der Waals surface area contributed by atoms with E-state index in [1.54, 1.807) is 0 Å². The van der Waals surface area contributed by atoms with E-state index in [1.165, 1.54) is 16.3 Å². The van der Waals surface area contributed by atoms with Crippen LogP contribution in [0.2, 0.25) is 0 Å². The fourth-order valence-electron chi connectivity index (χ4n) is 5.11. The summed E-state index contributed by atoms with van der Waals surface area (Å²) in [4.78, 5) is 28.2. The van der Waals surface area contributed by atoms with E-state index in [0.717, 1.165) is 29.7 Å². The number of halogens is 2. The molecule has 3 unspecified atom stereocenters. The highest BCUT2D eigenvalue weighted by Crippen LogP contribution is 2.42. The Bertz CT molecular complexity index is 1550. The van der Waals surface area contributed by atoms with Crippen LogP contribution >= 0.6 is 11.3 Å². The van der Waals surface area contributed by atoms with Crippen LogP contribution in [0.25, 0.3) is 0 Å². The predicted molar refractivity (Wildman–Crippen MR) is 131 cm³/mol. The highest BCUT2D eigenvalue weighted by molar-refractivity contribution is 7.91. The number of fused-ring (bicyclic) bond motifs is 2. The second kappa shape index (κ2) is 9.22. The van der Waals surface area contributed by atoms with Crippen molar-refractivity contribution in [3.05, 3.63) is 46.3 Å². The first-order valence-corrected chi connectivity index (χ1v) is 15.5. The standard InChI is InChI=1S/C22H22F2N4O6S3/c1-36(31,32)25-8-12-10-35-21-19(12)37(33,34)27-20(26-21)17-18(29)13-3-2-4-16(13)28(22(17)30)9-11-5-6-14(23)15(24)7-11/h5-7,10,13,16-17,25H,2-4,8-9H2,1H3,(H,26,27). The van der Waals surface area contributed by atoms with Crippen LogP contribution in [-0.2, 0) is 42.7 Å². The summed E-state index contributed by atoms with van der Waals surface area (Å²) in [5, 5.41) is 4.39. The number of likely N-dealkylation sites (tertiary alicyclic amines) is 1. The van der Waals surface area contributed by atoms with Crippen molar-refractivity contribution in [2.45, 2.75) is 43.3 Å². The number of amides is 1. The number of hydrogen-bond acceptors (Lipinski definition) is 8. The van der Waals surface area contributed by atoms with Gasteiger partial charge in [-0.2, -0.15) is 8.42 Å². The summed E-state index contributed by atoms with van der Waals surface area (Å²) in [7, 11) is -7.95. The maximum atomic E-state index is 13.8. The third kappa shape index (κ3) is 4.80. The van der Waals surface area contributed by atoms with Gasteiger partial charge < -0.3 is 10.2 Å². The van der Waals surface area contributed by atoms with Crippen LogP contribution in [0.4, 0.5) is 13.8 Å². The van der Waals surface area contributed by atoms with Crippen LogP contribution in [-0.4, -0.2) is 51.6 Å². The minimum Gasteiger partial charge on any atom is -0.334 e. The van der Waals surface area contributed by atoms with E-state index in [2.05, 4.69) is 14.4 Å². The Hall–Kier alpha value is -2.75. The highest BCUT2D eigenvalue weighted by atomic mass is 32.2. The number of thiophene rings is 1. The Balaban J connectivity index is 1.48. The smallest absolute Gasteiger partial charge is 0.287 e. The molecule has 3 aliphatic rings. The van der Waals surface area contributed by atoms with Gasteiger partial charge in [-0.1, -0.05) is 12.5 Å². The predicted octanol–water partition coefficient (Wildman–Crippen LogP) is 1.98. The van der Waals surface area contributed by atoms with Crippen LogP contribution in [0.5, 0.6) is 0 Å². The van der Waals surface area contributed by atoms with Gasteiger partial charge in [-0.3, -0.25) is 9.59 Å². The molecule has 1 aromatic carbocycles. The molecule has 2 N–H and O–H groups in total. The van der Waals surface area contributed by atoms with E-state index in [-0.39, 0.29) is 34.4 Å². The molecule has 1 amide bonds. The molecule has 1 saturated heterocycles. The summed E-state index contributed by atoms with van der Waals surface area (Å²) in [5.74, 6) is -5.57. The summed E-state index contributed by atoms with van der Waals surface area (Å²) >= 11 is 0.982. The van der Waals surface area contributed by atoms with Crippen LogP contribution in [0, 0.1) is 23.5 Å². The molecule has 1 aliphatic carbocycles. The molecule has 1 saturated carbocycles. The number of benzene rings is 1. The van der Waals surface area contributed by atoms with Gasteiger partial charge in [0.2, 0.25) is 15.9 Å². The zero-order valence-corrected chi connectivity index (χ0v) is 21.9. The molecule has 15 heteroatoms. The molecule has 3 atom stereocenters. The molecule has 0 bridgehead atoms. The van der Waals surface area contributed by atoms with Gasteiger partial charge in [0.05, 0.1) is 6.26 Å². The van der Waals surface area contributed by atoms with Crippen LogP contribution in [0.15, 0.2) is 32.9 Å². The lowest BCUT2D eigenvalue weighted by atomic mass is 9.81. The first kappa shape index (κ1) is 25.9. The van der Waals surface area contributed by atoms with Crippen molar-refractivity contribution in [1.29, 1.82) is 0 Å². The third-order valence-electron chi connectivity index (χ3n) is 6.73. The van der Waals surface area contributed by atoms with Crippen molar-refractivity contribution in [2.24, 2.45) is 16.2 Å². The fourth-order valence-corrected chi connectivity index (χ4v) is 8.18. The lowest BCUT2D eigenvalue weighted by Crippen LogP contribution is -2.58. The molecule has 2 aliphatic heterocycles. The first-order chi connectivity index (χ1) is 17.4. The van der Waals surface area contributed by atoms with Crippen molar-refractivity contribution in [2.75, 3.05) is 11.6 Å². The van der Waals surface area contributed by atoms with Crippen LogP contribution < -0.4 is 10.0 Å². The number of nitrogens with zero attached hydrogens (tertiary/aromatic N) is 2. The quantitative estimate of drug-likeness (QED) is 0.504. The van der Waals surface area contributed by atoms with Gasteiger partial charge in [-0.15, -0.1) is 15.7 Å². The molecule has 198 valence electrons. The molecule has 0 spiro atoms. The summed E-state index contributed by atoms with van der Waals surface area (Å²) in [5.41, 5.74) is 0.513. The van der Waals surface area contributed by atoms with Gasteiger partial charge >= 0.3 is 0 Å². The number of rotatable bonds is 6. The Morgan fingerprint density at radius 2 is 1.97 bits per heavy atom. The van der Waals surface area contributed by atoms with Crippen molar-refractivity contribution in [1.82, 2.24) is 9.62 Å². The number of nitrogens with one attached hydrogen (secondary N) is 2.